The molecule has 7 nitrogen and oxygen atoms in total. The van der Waals surface area contributed by atoms with Crippen LogP contribution in [0, 0.1) is 0 Å². The van der Waals surface area contributed by atoms with Crippen LogP contribution in [0.25, 0.3) is 11.5 Å². The van der Waals surface area contributed by atoms with E-state index in [9.17, 15) is 4.79 Å². The Kier molecular flexibility index (Phi) is 3.15. The Balaban J connectivity index is 1.54. The molecule has 0 bridgehead atoms. The van der Waals surface area contributed by atoms with Crippen molar-refractivity contribution >= 4 is 22.4 Å². The number of nitrogens with one attached hydrogen (secondary N) is 1. The normalized spacial score (nSPS) is 14.0. The zero-order valence-electron chi connectivity index (χ0n) is 11.5. The van der Waals surface area contributed by atoms with Crippen molar-refractivity contribution in [2.45, 2.75) is 18.9 Å². The second kappa shape index (κ2) is 5.30. The third kappa shape index (κ3) is 2.48. The van der Waals surface area contributed by atoms with Crippen molar-refractivity contribution in [3.63, 3.8) is 0 Å². The van der Waals surface area contributed by atoms with Crippen LogP contribution >= 0.6 is 11.3 Å². The van der Waals surface area contributed by atoms with Crippen molar-refractivity contribution in [1.82, 2.24) is 24.7 Å². The lowest BCUT2D eigenvalue weighted by Crippen LogP contribution is -2.13. The van der Waals surface area contributed by atoms with Gasteiger partial charge in [-0.05, 0) is 25.0 Å². The Hall–Kier alpha value is -2.61. The van der Waals surface area contributed by atoms with Gasteiger partial charge in [-0.1, -0.05) is 6.07 Å². The Morgan fingerprint density at radius 3 is 3.05 bits per heavy atom. The van der Waals surface area contributed by atoms with E-state index in [2.05, 4.69) is 25.5 Å². The predicted octanol–water partition coefficient (Wildman–Crippen LogP) is 2.38. The summed E-state index contributed by atoms with van der Waals surface area (Å²) in [6.07, 6.45) is 5.62. The van der Waals surface area contributed by atoms with E-state index < -0.39 is 0 Å². The highest BCUT2D eigenvalue weighted by molar-refractivity contribution is 7.14. The van der Waals surface area contributed by atoms with Crippen molar-refractivity contribution in [1.29, 1.82) is 0 Å². The second-order valence-electron chi connectivity index (χ2n) is 5.00. The van der Waals surface area contributed by atoms with Gasteiger partial charge < -0.3 is 4.57 Å². The summed E-state index contributed by atoms with van der Waals surface area (Å²) < 4.78 is 2.04. The van der Waals surface area contributed by atoms with Crippen LogP contribution in [0.1, 0.15) is 29.4 Å². The molecular weight excluding hydrogens is 300 g/mol. The van der Waals surface area contributed by atoms with Crippen LogP contribution < -0.4 is 5.32 Å². The highest BCUT2D eigenvalue weighted by Crippen LogP contribution is 2.37. The van der Waals surface area contributed by atoms with E-state index in [1.807, 2.05) is 9.95 Å². The van der Waals surface area contributed by atoms with Crippen LogP contribution in [-0.2, 0) is 0 Å². The molecule has 1 aliphatic rings. The lowest BCUT2D eigenvalue weighted by Gasteiger charge is -2.01. The van der Waals surface area contributed by atoms with Crippen molar-refractivity contribution in [2.24, 2.45) is 0 Å². The van der Waals surface area contributed by atoms with E-state index in [0.717, 1.165) is 24.4 Å². The fourth-order valence-corrected chi connectivity index (χ4v) is 2.82. The van der Waals surface area contributed by atoms with Gasteiger partial charge in [0, 0.05) is 17.6 Å². The molecule has 0 spiro atoms. The van der Waals surface area contributed by atoms with Gasteiger partial charge >= 0.3 is 0 Å². The molecule has 22 heavy (non-hydrogen) atoms. The first kappa shape index (κ1) is 13.1. The average molecular weight is 312 g/mol. The van der Waals surface area contributed by atoms with Gasteiger partial charge in [-0.15, -0.1) is 21.5 Å². The van der Waals surface area contributed by atoms with Crippen LogP contribution in [0.15, 0.2) is 36.1 Å². The standard InChI is InChI=1S/C14H12N6OS/c21-13(10-3-1-2-6-15-10)18-14-17-11(7-22-14)12-19-16-8-20(12)9-4-5-9/h1-3,6-9H,4-5H2,(H,17,18,21). The number of aromatic nitrogens is 5. The minimum Gasteiger partial charge on any atom is -0.309 e. The van der Waals surface area contributed by atoms with Crippen molar-refractivity contribution in [3.8, 4) is 11.5 Å². The highest BCUT2D eigenvalue weighted by atomic mass is 32.1. The molecule has 3 heterocycles. The fourth-order valence-electron chi connectivity index (χ4n) is 2.14. The number of hydrogen-bond donors (Lipinski definition) is 1. The van der Waals surface area contributed by atoms with Gasteiger partial charge in [0.2, 0.25) is 0 Å². The summed E-state index contributed by atoms with van der Waals surface area (Å²) in [5.74, 6) is 0.474. The number of rotatable bonds is 4. The highest BCUT2D eigenvalue weighted by Gasteiger charge is 2.27. The summed E-state index contributed by atoms with van der Waals surface area (Å²) in [7, 11) is 0. The lowest BCUT2D eigenvalue weighted by molar-refractivity contribution is 0.102. The summed E-state index contributed by atoms with van der Waals surface area (Å²) in [6.45, 7) is 0. The molecule has 1 N–H and O–H groups in total. The Morgan fingerprint density at radius 1 is 1.36 bits per heavy atom. The van der Waals surface area contributed by atoms with Crippen LogP contribution in [0.5, 0.6) is 0 Å². The minimum atomic E-state index is -0.273. The third-order valence-electron chi connectivity index (χ3n) is 3.36. The van der Waals surface area contributed by atoms with Crippen LogP contribution in [0.2, 0.25) is 0 Å². The molecule has 0 atom stereocenters. The van der Waals surface area contributed by atoms with Gasteiger partial charge in [0.15, 0.2) is 11.0 Å². The maximum absolute atomic E-state index is 12.1. The van der Waals surface area contributed by atoms with Crippen molar-refractivity contribution in [3.05, 3.63) is 41.8 Å². The average Bonchev–Trinajstić information content (AvgIpc) is 3.10. The number of thiazole rings is 1. The summed E-state index contributed by atoms with van der Waals surface area (Å²) in [5.41, 5.74) is 1.09. The third-order valence-corrected chi connectivity index (χ3v) is 4.12. The zero-order valence-corrected chi connectivity index (χ0v) is 12.3. The number of carbonyl (C=O) groups is 1. The Morgan fingerprint density at radius 2 is 2.27 bits per heavy atom. The van der Waals surface area contributed by atoms with Gasteiger partial charge in [0.25, 0.3) is 5.91 Å². The van der Waals surface area contributed by atoms with E-state index in [4.69, 9.17) is 0 Å². The first-order valence-corrected chi connectivity index (χ1v) is 7.77. The molecule has 8 heteroatoms. The molecule has 3 aromatic rings. The van der Waals surface area contributed by atoms with Crippen LogP contribution in [0.4, 0.5) is 5.13 Å². The Bertz CT molecular complexity index is 808. The van der Waals surface area contributed by atoms with E-state index in [0.29, 0.717) is 16.9 Å². The molecule has 0 saturated heterocycles. The number of nitrogens with zero attached hydrogens (tertiary/aromatic N) is 5. The molecule has 1 amide bonds. The maximum Gasteiger partial charge on any atom is 0.276 e. The van der Waals surface area contributed by atoms with E-state index >= 15 is 0 Å². The first-order valence-electron chi connectivity index (χ1n) is 6.89. The number of amides is 1. The molecule has 0 aliphatic heterocycles. The topological polar surface area (TPSA) is 85.6 Å². The first-order chi connectivity index (χ1) is 10.8. The van der Waals surface area contributed by atoms with Crippen LogP contribution in [-0.4, -0.2) is 30.6 Å². The second-order valence-corrected chi connectivity index (χ2v) is 5.86. The summed E-state index contributed by atoms with van der Waals surface area (Å²) in [4.78, 5) is 20.5. The molecule has 1 fully saturated rings. The van der Waals surface area contributed by atoms with Gasteiger partial charge in [0.1, 0.15) is 17.7 Å². The number of hydrogen-bond acceptors (Lipinski definition) is 6. The maximum atomic E-state index is 12.1. The molecular formula is C14H12N6OS. The van der Waals surface area contributed by atoms with E-state index in [-0.39, 0.29) is 5.91 Å². The van der Waals surface area contributed by atoms with Crippen molar-refractivity contribution < 1.29 is 4.79 Å². The van der Waals surface area contributed by atoms with Crippen LogP contribution in [0.3, 0.4) is 0 Å². The smallest absolute Gasteiger partial charge is 0.276 e. The number of anilines is 1. The fraction of sp³-hybridized carbons (Fsp3) is 0.214. The summed E-state index contributed by atoms with van der Waals surface area (Å²) >= 11 is 1.36. The molecule has 0 radical (unpaired) electrons. The monoisotopic (exact) mass is 312 g/mol. The van der Waals surface area contributed by atoms with E-state index in [1.165, 1.54) is 11.3 Å². The zero-order chi connectivity index (χ0) is 14.9. The molecule has 4 rings (SSSR count). The minimum absolute atomic E-state index is 0.273. The lowest BCUT2D eigenvalue weighted by atomic mass is 10.3. The van der Waals surface area contributed by atoms with E-state index in [1.54, 1.807) is 30.7 Å². The van der Waals surface area contributed by atoms with Gasteiger partial charge in [-0.3, -0.25) is 15.1 Å². The molecule has 3 aromatic heterocycles. The molecule has 0 unspecified atom stereocenters. The predicted molar refractivity (Wildman–Crippen MR) is 81.6 cm³/mol. The van der Waals surface area contributed by atoms with Gasteiger partial charge in [-0.2, -0.15) is 0 Å². The molecule has 0 aromatic carbocycles. The summed E-state index contributed by atoms with van der Waals surface area (Å²) in [5, 5.41) is 13.2. The SMILES string of the molecule is O=C(Nc1nc(-c2nncn2C2CC2)cs1)c1ccccn1. The molecule has 110 valence electrons. The largest absolute Gasteiger partial charge is 0.309 e. The molecule has 1 aliphatic carbocycles. The van der Waals surface area contributed by atoms with Crippen molar-refractivity contribution in [2.75, 3.05) is 5.32 Å². The Labute approximate surface area is 130 Å². The van der Waals surface area contributed by atoms with Gasteiger partial charge in [-0.25, -0.2) is 4.98 Å². The summed E-state index contributed by atoms with van der Waals surface area (Å²) in [6, 6.07) is 5.68. The number of pyridine rings is 1. The quantitative estimate of drug-likeness (QED) is 0.799. The van der Waals surface area contributed by atoms with Gasteiger partial charge in [0.05, 0.1) is 0 Å². The molecule has 1 saturated carbocycles. The number of carbonyl (C=O) groups excluding carboxylic acids is 1.